The van der Waals surface area contributed by atoms with Gasteiger partial charge in [0.05, 0.1) is 0 Å². The van der Waals surface area contributed by atoms with Gasteiger partial charge < -0.3 is 4.74 Å². The van der Waals surface area contributed by atoms with Crippen LogP contribution in [0.25, 0.3) is 11.1 Å². The minimum atomic E-state index is -1.35. The first-order chi connectivity index (χ1) is 13.5. The van der Waals surface area contributed by atoms with Crippen LogP contribution in [0.15, 0.2) is 67.3 Å². The number of carbonyl (C=O) groups excluding carboxylic acids is 3. The first-order valence-electron chi connectivity index (χ1n) is 9.27. The van der Waals surface area contributed by atoms with Gasteiger partial charge in [-0.3, -0.25) is 19.3 Å². The molecule has 0 radical (unpaired) electrons. The molecule has 3 rings (SSSR count). The van der Waals surface area contributed by atoms with E-state index in [-0.39, 0.29) is 6.61 Å². The number of hydrogen-bond acceptors (Lipinski definition) is 4. The van der Waals surface area contributed by atoms with Gasteiger partial charge in [0.25, 0.3) is 5.91 Å². The topological polar surface area (TPSA) is 63.7 Å². The summed E-state index contributed by atoms with van der Waals surface area (Å²) in [5.74, 6) is -1.52. The molecule has 28 heavy (non-hydrogen) atoms. The van der Waals surface area contributed by atoms with Crippen LogP contribution in [-0.4, -0.2) is 35.8 Å². The lowest BCUT2D eigenvalue weighted by molar-refractivity contribution is -0.165. The number of carbonyl (C=O) groups is 3. The summed E-state index contributed by atoms with van der Waals surface area (Å²) >= 11 is 0. The van der Waals surface area contributed by atoms with Crippen LogP contribution in [0, 0.1) is 5.41 Å². The summed E-state index contributed by atoms with van der Waals surface area (Å²) in [6.07, 6.45) is 2.36. The average molecular weight is 377 g/mol. The van der Waals surface area contributed by atoms with Crippen LogP contribution in [0.3, 0.4) is 0 Å². The van der Waals surface area contributed by atoms with Crippen molar-refractivity contribution in [2.75, 3.05) is 13.2 Å². The Labute approximate surface area is 164 Å². The number of rotatable bonds is 5. The highest BCUT2D eigenvalue weighted by Crippen LogP contribution is 2.33. The smallest absolute Gasteiger partial charge is 0.321 e. The number of piperidine rings is 1. The molecule has 0 aromatic heterocycles. The number of nitrogens with zero attached hydrogens (tertiary/aromatic N) is 1. The highest BCUT2D eigenvalue weighted by atomic mass is 16.5. The van der Waals surface area contributed by atoms with Crippen molar-refractivity contribution >= 4 is 17.8 Å². The van der Waals surface area contributed by atoms with E-state index < -0.39 is 23.2 Å². The highest BCUT2D eigenvalue weighted by Gasteiger charge is 2.49. The van der Waals surface area contributed by atoms with Gasteiger partial charge in [-0.25, -0.2) is 0 Å². The molecule has 2 amide bonds. The molecule has 5 heteroatoms. The lowest BCUT2D eigenvalue weighted by Gasteiger charge is -2.36. The van der Waals surface area contributed by atoms with Gasteiger partial charge in [-0.05, 0) is 43.0 Å². The first-order valence-corrected chi connectivity index (χ1v) is 9.27. The molecular formula is C23H23NO4. The summed E-state index contributed by atoms with van der Waals surface area (Å²) in [7, 11) is 0. The summed E-state index contributed by atoms with van der Waals surface area (Å²) in [5.41, 5.74) is 1.10. The minimum Gasteiger partial charge on any atom is -0.461 e. The Balaban J connectivity index is 1.79. The Bertz CT molecular complexity index is 889. The quantitative estimate of drug-likeness (QED) is 0.344. The third kappa shape index (κ3) is 3.74. The maximum Gasteiger partial charge on any atom is 0.321 e. The van der Waals surface area contributed by atoms with Crippen molar-refractivity contribution in [2.24, 2.45) is 5.41 Å². The minimum absolute atomic E-state index is 0.0383. The molecule has 1 fully saturated rings. The van der Waals surface area contributed by atoms with E-state index in [4.69, 9.17) is 4.74 Å². The Morgan fingerprint density at radius 2 is 1.75 bits per heavy atom. The number of imide groups is 1. The zero-order chi connectivity index (χ0) is 20.1. The molecule has 2 aromatic carbocycles. The van der Waals surface area contributed by atoms with Crippen LogP contribution < -0.4 is 0 Å². The number of ether oxygens (including phenoxy) is 1. The van der Waals surface area contributed by atoms with E-state index in [1.165, 1.54) is 6.08 Å². The molecule has 1 aliphatic rings. The lowest BCUT2D eigenvalue weighted by atomic mass is 9.80. The second-order valence-corrected chi connectivity index (χ2v) is 7.03. The van der Waals surface area contributed by atoms with E-state index in [2.05, 4.69) is 6.58 Å². The first kappa shape index (κ1) is 19.5. The van der Waals surface area contributed by atoms with E-state index >= 15 is 0 Å². The normalized spacial score (nSPS) is 19.2. The summed E-state index contributed by atoms with van der Waals surface area (Å²) in [6.45, 7) is 5.38. The van der Waals surface area contributed by atoms with E-state index in [9.17, 15) is 14.4 Å². The standard InChI is InChI=1S/C23H23NO4/c1-3-16-28-22(27)23(2)14-7-15-24(21(23)26)20(25)19-12-10-18(11-13-19)17-8-5-4-6-9-17/h3-6,8-13H,1,7,14-16H2,2H3. The van der Waals surface area contributed by atoms with E-state index in [0.717, 1.165) is 16.0 Å². The van der Waals surface area contributed by atoms with Crippen molar-refractivity contribution < 1.29 is 19.1 Å². The van der Waals surface area contributed by atoms with Gasteiger partial charge >= 0.3 is 5.97 Å². The second kappa shape index (κ2) is 8.21. The molecule has 5 nitrogen and oxygen atoms in total. The van der Waals surface area contributed by atoms with Crippen LogP contribution in [0.1, 0.15) is 30.1 Å². The highest BCUT2D eigenvalue weighted by molar-refractivity contribution is 6.12. The fraction of sp³-hybridized carbons (Fsp3) is 0.261. The molecule has 1 unspecified atom stereocenters. The molecule has 1 saturated heterocycles. The Morgan fingerprint density at radius 3 is 2.39 bits per heavy atom. The summed E-state index contributed by atoms with van der Waals surface area (Å²) < 4.78 is 5.09. The van der Waals surface area contributed by atoms with Crippen molar-refractivity contribution in [2.45, 2.75) is 19.8 Å². The second-order valence-electron chi connectivity index (χ2n) is 7.03. The lowest BCUT2D eigenvalue weighted by Crippen LogP contribution is -2.53. The molecule has 1 atom stereocenters. The largest absolute Gasteiger partial charge is 0.461 e. The fourth-order valence-corrected chi connectivity index (χ4v) is 3.37. The molecule has 0 bridgehead atoms. The predicted octanol–water partition coefficient (Wildman–Crippen LogP) is 3.85. The number of hydrogen-bond donors (Lipinski definition) is 0. The van der Waals surface area contributed by atoms with Gasteiger partial charge in [-0.15, -0.1) is 0 Å². The average Bonchev–Trinajstić information content (AvgIpc) is 2.74. The van der Waals surface area contributed by atoms with Gasteiger partial charge in [-0.1, -0.05) is 55.1 Å². The molecule has 0 aliphatic carbocycles. The monoisotopic (exact) mass is 377 g/mol. The van der Waals surface area contributed by atoms with E-state index in [1.54, 1.807) is 19.1 Å². The van der Waals surface area contributed by atoms with E-state index in [1.807, 2.05) is 42.5 Å². The van der Waals surface area contributed by atoms with Crippen molar-refractivity contribution in [3.05, 3.63) is 72.8 Å². The molecule has 0 N–H and O–H groups in total. The molecule has 0 spiro atoms. The van der Waals surface area contributed by atoms with Crippen molar-refractivity contribution in [1.82, 2.24) is 4.90 Å². The maximum atomic E-state index is 12.9. The van der Waals surface area contributed by atoms with Gasteiger partial charge in [0.2, 0.25) is 5.91 Å². The fourth-order valence-electron chi connectivity index (χ4n) is 3.37. The van der Waals surface area contributed by atoms with Crippen molar-refractivity contribution in [3.63, 3.8) is 0 Å². The third-order valence-electron chi connectivity index (χ3n) is 5.04. The summed E-state index contributed by atoms with van der Waals surface area (Å²) in [5, 5.41) is 0. The SMILES string of the molecule is C=CCOC(=O)C1(C)CCCN(C(=O)c2ccc(-c3ccccc3)cc2)C1=O. The molecular weight excluding hydrogens is 354 g/mol. The maximum absolute atomic E-state index is 12.9. The van der Waals surface area contributed by atoms with Crippen molar-refractivity contribution in [1.29, 1.82) is 0 Å². The van der Waals surface area contributed by atoms with Crippen LogP contribution in [-0.2, 0) is 14.3 Å². The zero-order valence-electron chi connectivity index (χ0n) is 15.9. The molecule has 144 valence electrons. The van der Waals surface area contributed by atoms with Gasteiger partial charge in [-0.2, -0.15) is 0 Å². The number of esters is 1. The third-order valence-corrected chi connectivity index (χ3v) is 5.04. The summed E-state index contributed by atoms with van der Waals surface area (Å²) in [6, 6.07) is 17.0. The Morgan fingerprint density at radius 1 is 1.11 bits per heavy atom. The van der Waals surface area contributed by atoms with Crippen molar-refractivity contribution in [3.8, 4) is 11.1 Å². The van der Waals surface area contributed by atoms with Gasteiger partial charge in [0.1, 0.15) is 12.0 Å². The predicted molar refractivity (Wildman–Crippen MR) is 106 cm³/mol. The Kier molecular flexibility index (Phi) is 5.73. The summed E-state index contributed by atoms with van der Waals surface area (Å²) in [4.78, 5) is 39.4. The number of amides is 2. The van der Waals surface area contributed by atoms with Crippen LogP contribution in [0.2, 0.25) is 0 Å². The number of likely N-dealkylation sites (tertiary alicyclic amines) is 1. The molecule has 1 heterocycles. The zero-order valence-corrected chi connectivity index (χ0v) is 15.9. The van der Waals surface area contributed by atoms with Gasteiger partial charge in [0.15, 0.2) is 0 Å². The van der Waals surface area contributed by atoms with Gasteiger partial charge in [0, 0.05) is 12.1 Å². The molecule has 1 aliphatic heterocycles. The van der Waals surface area contributed by atoms with Crippen LogP contribution in [0.4, 0.5) is 0 Å². The number of benzene rings is 2. The van der Waals surface area contributed by atoms with E-state index in [0.29, 0.717) is 24.9 Å². The molecule has 2 aromatic rings. The van der Waals surface area contributed by atoms with Crippen LogP contribution in [0.5, 0.6) is 0 Å². The van der Waals surface area contributed by atoms with Crippen LogP contribution >= 0.6 is 0 Å². The molecule has 0 saturated carbocycles. The Hall–Kier alpha value is -3.21.